The second-order valence-electron chi connectivity index (χ2n) is 7.75. The van der Waals surface area contributed by atoms with Crippen LogP contribution in [-0.2, 0) is 17.8 Å². The molecule has 4 nitrogen and oxygen atoms in total. The van der Waals surface area contributed by atoms with E-state index in [9.17, 15) is 4.79 Å². The summed E-state index contributed by atoms with van der Waals surface area (Å²) in [5.74, 6) is 0.848. The van der Waals surface area contributed by atoms with Crippen molar-refractivity contribution < 1.29 is 4.79 Å². The zero-order valence-corrected chi connectivity index (χ0v) is 16.2. The van der Waals surface area contributed by atoms with Gasteiger partial charge < -0.3 is 4.90 Å². The monoisotopic (exact) mass is 361 g/mol. The van der Waals surface area contributed by atoms with Crippen molar-refractivity contribution in [3.63, 3.8) is 0 Å². The number of nitrogens with zero attached hydrogens (tertiary/aromatic N) is 3. The van der Waals surface area contributed by atoms with Crippen LogP contribution in [0.4, 0.5) is 0 Å². The molecule has 1 fully saturated rings. The molecule has 27 heavy (non-hydrogen) atoms. The lowest BCUT2D eigenvalue weighted by atomic mass is 9.95. The van der Waals surface area contributed by atoms with Gasteiger partial charge in [-0.1, -0.05) is 42.5 Å². The van der Waals surface area contributed by atoms with Gasteiger partial charge in [0.05, 0.1) is 12.1 Å². The number of benzene rings is 2. The number of piperidine rings is 1. The van der Waals surface area contributed by atoms with Crippen molar-refractivity contribution >= 4 is 16.7 Å². The maximum absolute atomic E-state index is 12.8. The van der Waals surface area contributed by atoms with E-state index >= 15 is 0 Å². The zero-order chi connectivity index (χ0) is 18.8. The number of hydrogen-bond acceptors (Lipinski definition) is 2. The molecule has 1 amide bonds. The first kappa shape index (κ1) is 17.8. The summed E-state index contributed by atoms with van der Waals surface area (Å²) >= 11 is 0. The van der Waals surface area contributed by atoms with Gasteiger partial charge in [0.25, 0.3) is 0 Å². The molecule has 1 aromatic heterocycles. The van der Waals surface area contributed by atoms with Crippen molar-refractivity contribution in [1.82, 2.24) is 14.7 Å². The average Bonchev–Trinajstić information content (AvgIpc) is 2.99. The molecule has 1 saturated heterocycles. The average molecular weight is 361 g/mol. The Morgan fingerprint density at radius 1 is 1.07 bits per heavy atom. The number of amides is 1. The molecule has 0 spiro atoms. The lowest BCUT2D eigenvalue weighted by Gasteiger charge is -2.32. The number of carbonyl (C=O) groups is 1. The summed E-state index contributed by atoms with van der Waals surface area (Å²) in [4.78, 5) is 14.9. The first-order valence-corrected chi connectivity index (χ1v) is 9.85. The molecule has 140 valence electrons. The number of carbonyl (C=O) groups excluding carboxylic acids is 1. The van der Waals surface area contributed by atoms with Crippen LogP contribution in [0.1, 0.15) is 29.8 Å². The van der Waals surface area contributed by atoms with Gasteiger partial charge in [-0.2, -0.15) is 5.10 Å². The van der Waals surface area contributed by atoms with Crippen LogP contribution >= 0.6 is 0 Å². The Bertz CT molecular complexity index is 946. The van der Waals surface area contributed by atoms with Crippen molar-refractivity contribution in [3.8, 4) is 0 Å². The molecular weight excluding hydrogens is 334 g/mol. The molecule has 1 aliphatic rings. The Labute approximate surface area is 160 Å². The van der Waals surface area contributed by atoms with Gasteiger partial charge in [0.2, 0.25) is 5.91 Å². The number of likely N-dealkylation sites (tertiary alicyclic amines) is 1. The maximum Gasteiger partial charge on any atom is 0.227 e. The fourth-order valence-electron chi connectivity index (χ4n) is 4.19. The van der Waals surface area contributed by atoms with E-state index < -0.39 is 0 Å². The van der Waals surface area contributed by atoms with Gasteiger partial charge in [0, 0.05) is 25.3 Å². The molecule has 0 radical (unpaired) electrons. The Morgan fingerprint density at radius 3 is 2.56 bits per heavy atom. The maximum atomic E-state index is 12.8. The third-order valence-corrected chi connectivity index (χ3v) is 5.72. The fraction of sp³-hybridized carbons (Fsp3) is 0.391. The van der Waals surface area contributed by atoms with E-state index in [4.69, 9.17) is 0 Å². The van der Waals surface area contributed by atoms with E-state index in [0.29, 0.717) is 12.3 Å². The van der Waals surface area contributed by atoms with E-state index in [2.05, 4.69) is 47.0 Å². The minimum absolute atomic E-state index is 0.246. The molecule has 4 rings (SSSR count). The lowest BCUT2D eigenvalue weighted by Crippen LogP contribution is -2.40. The number of aryl methyl sites for hydroxylation is 2. The molecule has 2 aromatic carbocycles. The molecule has 0 bridgehead atoms. The quantitative estimate of drug-likeness (QED) is 0.701. The van der Waals surface area contributed by atoms with Crippen molar-refractivity contribution in [3.05, 3.63) is 65.5 Å². The topological polar surface area (TPSA) is 38.1 Å². The number of hydrogen-bond donors (Lipinski definition) is 0. The minimum atomic E-state index is 0.246. The Hall–Kier alpha value is -2.62. The van der Waals surface area contributed by atoms with Crippen molar-refractivity contribution in [1.29, 1.82) is 0 Å². The van der Waals surface area contributed by atoms with E-state index in [1.807, 2.05) is 30.0 Å². The molecule has 0 N–H and O–H groups in total. The van der Waals surface area contributed by atoms with Gasteiger partial charge in [0.15, 0.2) is 0 Å². The third-order valence-electron chi connectivity index (χ3n) is 5.72. The second-order valence-corrected chi connectivity index (χ2v) is 7.75. The molecule has 0 aliphatic carbocycles. The predicted octanol–water partition coefficient (Wildman–Crippen LogP) is 4.13. The van der Waals surface area contributed by atoms with Crippen molar-refractivity contribution in [2.24, 2.45) is 5.92 Å². The predicted molar refractivity (Wildman–Crippen MR) is 109 cm³/mol. The smallest absolute Gasteiger partial charge is 0.227 e. The van der Waals surface area contributed by atoms with Crippen LogP contribution in [0.15, 0.2) is 48.5 Å². The van der Waals surface area contributed by atoms with Crippen LogP contribution in [0.3, 0.4) is 0 Å². The van der Waals surface area contributed by atoms with E-state index in [1.54, 1.807) is 0 Å². The number of aromatic nitrogens is 2. The van der Waals surface area contributed by atoms with Crippen LogP contribution < -0.4 is 0 Å². The second kappa shape index (κ2) is 7.55. The summed E-state index contributed by atoms with van der Waals surface area (Å²) in [6, 6.07) is 16.7. The van der Waals surface area contributed by atoms with E-state index in [-0.39, 0.29) is 5.91 Å². The summed E-state index contributed by atoms with van der Waals surface area (Å²) < 4.78 is 2.12. The number of fused-ring (bicyclic) bond motifs is 1. The summed E-state index contributed by atoms with van der Waals surface area (Å²) in [6.07, 6.45) is 2.60. The lowest BCUT2D eigenvalue weighted by molar-refractivity contribution is -0.131. The first-order chi connectivity index (χ1) is 13.1. The van der Waals surface area contributed by atoms with Crippen LogP contribution in [0.2, 0.25) is 0 Å². The Kier molecular flexibility index (Phi) is 4.97. The summed E-state index contributed by atoms with van der Waals surface area (Å²) in [5, 5.41) is 6.97. The summed E-state index contributed by atoms with van der Waals surface area (Å²) in [5.41, 5.74) is 3.43. The normalized spacial score (nSPS) is 15.4. The molecule has 0 atom stereocenters. The summed E-state index contributed by atoms with van der Waals surface area (Å²) in [7, 11) is 0. The first-order valence-electron chi connectivity index (χ1n) is 9.85. The minimum Gasteiger partial charge on any atom is -0.342 e. The fourth-order valence-corrected chi connectivity index (χ4v) is 4.19. The Balaban J connectivity index is 1.36. The third kappa shape index (κ3) is 3.90. The highest BCUT2D eigenvalue weighted by atomic mass is 16.2. The molecule has 0 unspecified atom stereocenters. The van der Waals surface area contributed by atoms with Gasteiger partial charge in [-0.05, 0) is 55.0 Å². The van der Waals surface area contributed by atoms with Crippen molar-refractivity contribution in [2.75, 3.05) is 13.1 Å². The molecule has 4 heteroatoms. The van der Waals surface area contributed by atoms with Gasteiger partial charge in [0.1, 0.15) is 0 Å². The highest BCUT2D eigenvalue weighted by molar-refractivity contribution is 5.90. The van der Waals surface area contributed by atoms with Gasteiger partial charge in [-0.15, -0.1) is 0 Å². The molecular formula is C23H27N3O. The van der Waals surface area contributed by atoms with Crippen LogP contribution in [-0.4, -0.2) is 33.7 Å². The van der Waals surface area contributed by atoms with Crippen LogP contribution in [0, 0.1) is 19.8 Å². The summed E-state index contributed by atoms with van der Waals surface area (Å²) in [6.45, 7) is 6.83. The van der Waals surface area contributed by atoms with E-state index in [0.717, 1.165) is 43.7 Å². The zero-order valence-electron chi connectivity index (χ0n) is 16.2. The SMILES string of the molecule is Cc1cc(C)n(CC2CCN(C(=O)Cc3cccc4ccccc34)CC2)n1. The molecule has 1 aliphatic heterocycles. The highest BCUT2D eigenvalue weighted by Gasteiger charge is 2.24. The standard InChI is InChI=1S/C23H27N3O/c1-17-14-18(2)26(24-17)16-19-10-12-25(13-11-19)23(27)15-21-8-5-7-20-6-3-4-9-22(20)21/h3-9,14,19H,10-13,15-16H2,1-2H3. The Morgan fingerprint density at radius 2 is 1.81 bits per heavy atom. The van der Waals surface area contributed by atoms with Gasteiger partial charge in [-0.3, -0.25) is 9.48 Å². The molecule has 0 saturated carbocycles. The largest absolute Gasteiger partial charge is 0.342 e. The molecule has 2 heterocycles. The molecule has 3 aromatic rings. The van der Waals surface area contributed by atoms with Crippen LogP contribution in [0.5, 0.6) is 0 Å². The van der Waals surface area contributed by atoms with Crippen molar-refractivity contribution in [2.45, 2.75) is 39.7 Å². The van der Waals surface area contributed by atoms with E-state index in [1.165, 1.54) is 16.5 Å². The van der Waals surface area contributed by atoms with Gasteiger partial charge in [-0.25, -0.2) is 0 Å². The highest BCUT2D eigenvalue weighted by Crippen LogP contribution is 2.23. The number of rotatable bonds is 4. The van der Waals surface area contributed by atoms with Gasteiger partial charge >= 0.3 is 0 Å². The van der Waals surface area contributed by atoms with Crippen LogP contribution in [0.25, 0.3) is 10.8 Å².